The van der Waals surface area contributed by atoms with Gasteiger partial charge in [0.15, 0.2) is 12.4 Å². The van der Waals surface area contributed by atoms with Crippen LogP contribution in [0.25, 0.3) is 11.0 Å². The molecule has 0 aliphatic carbocycles. The number of hydrogen-bond donors (Lipinski definition) is 1. The second-order valence-electron chi connectivity index (χ2n) is 7.76. The van der Waals surface area contributed by atoms with Gasteiger partial charge in [0.1, 0.15) is 15.9 Å². The van der Waals surface area contributed by atoms with E-state index in [1.54, 1.807) is 41.3 Å². The van der Waals surface area contributed by atoms with E-state index in [0.717, 1.165) is 11.7 Å². The van der Waals surface area contributed by atoms with Crippen LogP contribution in [0.15, 0.2) is 51.8 Å². The summed E-state index contributed by atoms with van der Waals surface area (Å²) < 4.78 is 42.2. The molecule has 0 radical (unpaired) electrons. The van der Waals surface area contributed by atoms with E-state index in [1.807, 2.05) is 0 Å². The number of amides is 1. The molecule has 2 aliphatic rings. The Bertz CT molecular complexity index is 1380. The van der Waals surface area contributed by atoms with Crippen LogP contribution in [0.5, 0.6) is 0 Å². The minimum absolute atomic E-state index is 0.173. The Morgan fingerprint density at radius 2 is 2.00 bits per heavy atom. The Morgan fingerprint density at radius 3 is 2.88 bits per heavy atom. The van der Waals surface area contributed by atoms with Crippen molar-refractivity contribution in [3.63, 3.8) is 0 Å². The maximum atomic E-state index is 12.7. The van der Waals surface area contributed by atoms with E-state index < -0.39 is 34.4 Å². The lowest BCUT2D eigenvalue weighted by Crippen LogP contribution is -2.43. The first-order valence-corrected chi connectivity index (χ1v) is 12.5. The first kappa shape index (κ1) is 21.5. The van der Waals surface area contributed by atoms with Crippen LogP contribution in [0.3, 0.4) is 0 Å². The van der Waals surface area contributed by atoms with Crippen LogP contribution in [-0.4, -0.2) is 59.5 Å². The number of amidine groups is 1. The minimum Gasteiger partial charge on any atom is -0.455 e. The Hall–Kier alpha value is -3.38. The van der Waals surface area contributed by atoms with Crippen LogP contribution in [0.1, 0.15) is 18.4 Å². The van der Waals surface area contributed by atoms with Gasteiger partial charge >= 0.3 is 5.97 Å². The van der Waals surface area contributed by atoms with Crippen LogP contribution in [0.2, 0.25) is 0 Å². The summed E-state index contributed by atoms with van der Waals surface area (Å²) in [6.07, 6.45) is 1.26. The second kappa shape index (κ2) is 8.52. The molecule has 33 heavy (non-hydrogen) atoms. The predicted octanol–water partition coefficient (Wildman–Crippen LogP) is 2.03. The molecule has 12 heteroatoms. The molecule has 3 heterocycles. The molecule has 1 fully saturated rings. The van der Waals surface area contributed by atoms with Crippen molar-refractivity contribution in [3.05, 3.63) is 48.0 Å². The fraction of sp³-hybridized carbons (Fsp3) is 0.286. The zero-order chi connectivity index (χ0) is 23.0. The predicted molar refractivity (Wildman–Crippen MR) is 121 cm³/mol. The van der Waals surface area contributed by atoms with E-state index in [-0.39, 0.29) is 11.4 Å². The molecule has 1 atom stereocenters. The highest BCUT2D eigenvalue weighted by Gasteiger charge is 2.35. The first-order chi connectivity index (χ1) is 15.9. The van der Waals surface area contributed by atoms with Gasteiger partial charge in [0.05, 0.1) is 23.3 Å². The van der Waals surface area contributed by atoms with Crippen LogP contribution in [0.4, 0.5) is 5.69 Å². The summed E-state index contributed by atoms with van der Waals surface area (Å²) in [4.78, 5) is 26.9. The number of likely N-dealkylation sites (tertiary alicyclic amines) is 1. The van der Waals surface area contributed by atoms with Crippen molar-refractivity contribution in [3.8, 4) is 0 Å². The Morgan fingerprint density at radius 1 is 1.15 bits per heavy atom. The van der Waals surface area contributed by atoms with Crippen molar-refractivity contribution in [1.29, 1.82) is 0 Å². The summed E-state index contributed by atoms with van der Waals surface area (Å²) in [5.74, 6) is -1.11. The quantitative estimate of drug-likeness (QED) is 0.556. The van der Waals surface area contributed by atoms with Crippen LogP contribution >= 0.6 is 11.7 Å². The number of benzene rings is 2. The molecule has 1 amide bonds. The molecule has 0 saturated carbocycles. The number of aromatic nitrogens is 2. The number of piperidine rings is 1. The standard InChI is InChI=1S/C21H19N5O5S2/c27-18(22-15-7-3-8-16-19(15)24-32-23-16)12-31-21(28)13-5-4-10-26(11-13)20-14-6-1-2-9-17(14)33(29,30)25-20/h1-3,6-9,13H,4-5,10-12H2,(H,22,27). The molecule has 1 unspecified atom stereocenters. The van der Waals surface area contributed by atoms with Gasteiger partial charge in [0, 0.05) is 18.7 Å². The van der Waals surface area contributed by atoms with Gasteiger partial charge < -0.3 is 15.0 Å². The number of hydrogen-bond acceptors (Lipinski definition) is 9. The zero-order valence-electron chi connectivity index (χ0n) is 17.3. The number of carbonyl (C=O) groups excluding carboxylic acids is 2. The van der Waals surface area contributed by atoms with Crippen LogP contribution in [-0.2, 0) is 24.3 Å². The molecule has 5 rings (SSSR count). The van der Waals surface area contributed by atoms with E-state index >= 15 is 0 Å². The third kappa shape index (κ3) is 4.18. The Balaban J connectivity index is 1.21. The van der Waals surface area contributed by atoms with E-state index in [1.165, 1.54) is 6.07 Å². The SMILES string of the molecule is O=C(COC(=O)C1CCCN(C2=NS(=O)(=O)c3ccccc32)C1)Nc1cccc2nsnc12. The van der Waals surface area contributed by atoms with Crippen LogP contribution in [0, 0.1) is 5.92 Å². The van der Waals surface area contributed by atoms with Gasteiger partial charge in [-0.1, -0.05) is 18.2 Å². The summed E-state index contributed by atoms with van der Waals surface area (Å²) in [5.41, 5.74) is 2.30. The third-order valence-corrected chi connectivity index (χ3v) is 7.44. The number of fused-ring (bicyclic) bond motifs is 2. The molecule has 1 aromatic heterocycles. The molecular formula is C21H19N5O5S2. The average molecular weight is 486 g/mol. The monoisotopic (exact) mass is 485 g/mol. The summed E-state index contributed by atoms with van der Waals surface area (Å²) in [6.45, 7) is 0.424. The highest BCUT2D eigenvalue weighted by molar-refractivity contribution is 7.90. The zero-order valence-corrected chi connectivity index (χ0v) is 18.9. The number of nitrogens with one attached hydrogen (secondary N) is 1. The van der Waals surface area contributed by atoms with Crippen molar-refractivity contribution in [2.75, 3.05) is 25.0 Å². The molecule has 2 aliphatic heterocycles. The highest BCUT2D eigenvalue weighted by Crippen LogP contribution is 2.30. The lowest BCUT2D eigenvalue weighted by atomic mass is 9.97. The fourth-order valence-corrected chi connectivity index (χ4v) is 5.80. The number of rotatable bonds is 4. The van der Waals surface area contributed by atoms with E-state index in [0.29, 0.717) is 47.5 Å². The highest BCUT2D eigenvalue weighted by atomic mass is 32.2. The van der Waals surface area contributed by atoms with Gasteiger partial charge in [0.25, 0.3) is 15.9 Å². The maximum Gasteiger partial charge on any atom is 0.311 e. The fourth-order valence-electron chi connectivity index (χ4n) is 4.03. The van der Waals surface area contributed by atoms with Gasteiger partial charge in [-0.2, -0.15) is 17.2 Å². The van der Waals surface area contributed by atoms with Gasteiger partial charge in [-0.25, -0.2) is 0 Å². The molecule has 1 N–H and O–H groups in total. The van der Waals surface area contributed by atoms with Crippen molar-refractivity contribution in [2.45, 2.75) is 17.7 Å². The topological polar surface area (TPSA) is 131 Å². The van der Waals surface area contributed by atoms with Crippen molar-refractivity contribution < 1.29 is 22.7 Å². The van der Waals surface area contributed by atoms with E-state index in [4.69, 9.17) is 4.74 Å². The Kier molecular flexibility index (Phi) is 5.54. The smallest absolute Gasteiger partial charge is 0.311 e. The molecular weight excluding hydrogens is 466 g/mol. The van der Waals surface area contributed by atoms with Gasteiger partial charge in [-0.05, 0) is 37.1 Å². The Labute approximate surface area is 193 Å². The number of sulfonamides is 1. The number of esters is 1. The molecule has 10 nitrogen and oxygen atoms in total. The second-order valence-corrected chi connectivity index (χ2v) is 9.87. The van der Waals surface area contributed by atoms with Crippen molar-refractivity contribution >= 4 is 56.2 Å². The van der Waals surface area contributed by atoms with Gasteiger partial charge in [-0.3, -0.25) is 9.59 Å². The minimum atomic E-state index is -3.74. The normalized spacial score (nSPS) is 19.1. The largest absolute Gasteiger partial charge is 0.455 e. The number of ether oxygens (including phenoxy) is 1. The van der Waals surface area contributed by atoms with Crippen molar-refractivity contribution in [2.24, 2.45) is 10.3 Å². The number of carbonyl (C=O) groups is 2. The number of anilines is 1. The lowest BCUT2D eigenvalue weighted by Gasteiger charge is -2.32. The summed E-state index contributed by atoms with van der Waals surface area (Å²) in [5, 5.41) is 2.69. The number of nitrogens with zero attached hydrogens (tertiary/aromatic N) is 4. The molecule has 170 valence electrons. The van der Waals surface area contributed by atoms with Gasteiger partial charge in [-0.15, -0.1) is 4.40 Å². The van der Waals surface area contributed by atoms with Crippen molar-refractivity contribution in [1.82, 2.24) is 13.6 Å². The first-order valence-electron chi connectivity index (χ1n) is 10.3. The summed E-state index contributed by atoms with van der Waals surface area (Å²) in [6, 6.07) is 11.9. The molecule has 0 bridgehead atoms. The maximum absolute atomic E-state index is 12.7. The molecule has 3 aromatic rings. The summed E-state index contributed by atoms with van der Waals surface area (Å²) in [7, 11) is -3.74. The van der Waals surface area contributed by atoms with E-state index in [9.17, 15) is 18.0 Å². The van der Waals surface area contributed by atoms with Gasteiger partial charge in [0.2, 0.25) is 0 Å². The molecule has 1 saturated heterocycles. The molecule has 2 aromatic carbocycles. The lowest BCUT2D eigenvalue weighted by molar-refractivity contribution is -0.152. The average Bonchev–Trinajstić information content (AvgIpc) is 3.41. The van der Waals surface area contributed by atoms with E-state index in [2.05, 4.69) is 18.5 Å². The third-order valence-electron chi connectivity index (χ3n) is 5.57. The molecule has 0 spiro atoms. The summed E-state index contributed by atoms with van der Waals surface area (Å²) >= 11 is 1.05. The van der Waals surface area contributed by atoms with Crippen LogP contribution < -0.4 is 5.32 Å².